The highest BCUT2D eigenvalue weighted by atomic mass is 35.5. The molecule has 30 heavy (non-hydrogen) atoms. The first-order chi connectivity index (χ1) is 14.1. The lowest BCUT2D eigenvalue weighted by molar-refractivity contribution is -0.140. The van der Waals surface area contributed by atoms with Crippen LogP contribution in [0.5, 0.6) is 0 Å². The van der Waals surface area contributed by atoms with E-state index < -0.39 is 17.8 Å². The van der Waals surface area contributed by atoms with Crippen LogP contribution in [0.2, 0.25) is 15.1 Å². The summed E-state index contributed by atoms with van der Waals surface area (Å²) < 4.78 is 14.2. The number of rotatable bonds is 8. The van der Waals surface area contributed by atoms with E-state index in [1.807, 2.05) is 13.8 Å². The molecule has 0 bridgehead atoms. The van der Waals surface area contributed by atoms with Crippen LogP contribution in [-0.4, -0.2) is 29.3 Å². The molecule has 0 saturated heterocycles. The largest absolute Gasteiger partial charge is 0.354 e. The van der Waals surface area contributed by atoms with Crippen LogP contribution in [0.3, 0.4) is 0 Å². The summed E-state index contributed by atoms with van der Waals surface area (Å²) >= 11 is 18.6. The number of halogens is 4. The summed E-state index contributed by atoms with van der Waals surface area (Å²) in [4.78, 5) is 27.2. The zero-order chi connectivity index (χ0) is 22.4. The molecule has 0 aliphatic rings. The van der Waals surface area contributed by atoms with Gasteiger partial charge < -0.3 is 10.2 Å². The van der Waals surface area contributed by atoms with Gasteiger partial charge in [0.2, 0.25) is 11.8 Å². The molecule has 2 aromatic rings. The Morgan fingerprint density at radius 3 is 2.03 bits per heavy atom. The standard InChI is InChI=1S/C22H24Cl3FN2O2/c1-13(2)11-27-22(30)14(3)28(12-16-18(24)6-4-7-19(16)25)21(29)10-15-17(23)8-5-9-20(15)26/h4-9,13-14H,10-12H2,1-3H3,(H,27,30). The summed E-state index contributed by atoms with van der Waals surface area (Å²) in [5.41, 5.74) is 0.589. The average Bonchev–Trinajstić information content (AvgIpc) is 2.68. The SMILES string of the molecule is CC(C)CNC(=O)C(C)N(Cc1c(Cl)cccc1Cl)C(=O)Cc1c(F)cccc1Cl. The molecule has 0 heterocycles. The Morgan fingerprint density at radius 2 is 1.50 bits per heavy atom. The molecule has 4 nitrogen and oxygen atoms in total. The van der Waals surface area contributed by atoms with Gasteiger partial charge in [0, 0.05) is 39.3 Å². The molecule has 0 radical (unpaired) electrons. The fourth-order valence-corrected chi connectivity index (χ4v) is 3.59. The summed E-state index contributed by atoms with van der Waals surface area (Å²) in [6.45, 7) is 6.02. The molecule has 0 spiro atoms. The van der Waals surface area contributed by atoms with Crippen molar-refractivity contribution in [2.24, 2.45) is 5.92 Å². The van der Waals surface area contributed by atoms with Crippen LogP contribution in [0.1, 0.15) is 31.9 Å². The van der Waals surface area contributed by atoms with Crippen LogP contribution in [-0.2, 0) is 22.6 Å². The number of hydrogen-bond acceptors (Lipinski definition) is 2. The molecule has 162 valence electrons. The number of nitrogens with one attached hydrogen (secondary N) is 1. The first kappa shape index (κ1) is 24.4. The quantitative estimate of drug-likeness (QED) is 0.549. The van der Waals surface area contributed by atoms with Gasteiger partial charge in [-0.2, -0.15) is 0 Å². The molecule has 1 unspecified atom stereocenters. The first-order valence-corrected chi connectivity index (χ1v) is 10.7. The van der Waals surface area contributed by atoms with Gasteiger partial charge >= 0.3 is 0 Å². The van der Waals surface area contributed by atoms with Crippen molar-refractivity contribution in [3.05, 3.63) is 68.4 Å². The van der Waals surface area contributed by atoms with Gasteiger partial charge in [0.1, 0.15) is 11.9 Å². The van der Waals surface area contributed by atoms with Crippen LogP contribution in [0.4, 0.5) is 4.39 Å². The zero-order valence-electron chi connectivity index (χ0n) is 17.0. The summed E-state index contributed by atoms with van der Waals surface area (Å²) in [7, 11) is 0. The maximum atomic E-state index is 14.2. The molecular formula is C22H24Cl3FN2O2. The van der Waals surface area contributed by atoms with Crippen LogP contribution < -0.4 is 5.32 Å². The summed E-state index contributed by atoms with van der Waals surface area (Å²) in [6, 6.07) is 8.40. The number of carbonyl (C=O) groups excluding carboxylic acids is 2. The molecule has 0 aliphatic heterocycles. The predicted molar refractivity (Wildman–Crippen MR) is 119 cm³/mol. The second-order valence-electron chi connectivity index (χ2n) is 7.41. The van der Waals surface area contributed by atoms with E-state index in [2.05, 4.69) is 5.32 Å². The molecule has 0 saturated carbocycles. The van der Waals surface area contributed by atoms with Crippen molar-refractivity contribution in [2.45, 2.75) is 39.8 Å². The van der Waals surface area contributed by atoms with Crippen LogP contribution >= 0.6 is 34.8 Å². The van der Waals surface area contributed by atoms with E-state index in [9.17, 15) is 14.0 Å². The number of carbonyl (C=O) groups is 2. The molecule has 0 aromatic heterocycles. The van der Waals surface area contributed by atoms with Crippen molar-refractivity contribution in [2.75, 3.05) is 6.54 Å². The smallest absolute Gasteiger partial charge is 0.242 e. The molecular weight excluding hydrogens is 450 g/mol. The Morgan fingerprint density at radius 1 is 0.967 bits per heavy atom. The van der Waals surface area contributed by atoms with E-state index >= 15 is 0 Å². The Labute approximate surface area is 191 Å². The molecule has 0 fully saturated rings. The maximum Gasteiger partial charge on any atom is 0.242 e. The van der Waals surface area contributed by atoms with Crippen molar-refractivity contribution in [1.82, 2.24) is 10.2 Å². The zero-order valence-corrected chi connectivity index (χ0v) is 19.3. The first-order valence-electron chi connectivity index (χ1n) is 9.54. The molecule has 2 rings (SSSR count). The Hall–Kier alpha value is -1.82. The Kier molecular flexibility index (Phi) is 8.95. The lowest BCUT2D eigenvalue weighted by Crippen LogP contribution is -2.48. The van der Waals surface area contributed by atoms with E-state index in [-0.39, 0.29) is 35.4 Å². The highest BCUT2D eigenvalue weighted by Gasteiger charge is 2.28. The minimum atomic E-state index is -0.825. The van der Waals surface area contributed by atoms with E-state index in [1.54, 1.807) is 25.1 Å². The van der Waals surface area contributed by atoms with Gasteiger partial charge in [-0.05, 0) is 37.1 Å². The fraction of sp³-hybridized carbons (Fsp3) is 0.364. The Bertz CT molecular complexity index is 881. The molecule has 2 amide bonds. The van der Waals surface area contributed by atoms with Crippen molar-refractivity contribution in [3.8, 4) is 0 Å². The molecule has 8 heteroatoms. The van der Waals surface area contributed by atoms with Crippen molar-refractivity contribution < 1.29 is 14.0 Å². The van der Waals surface area contributed by atoms with Gasteiger partial charge in [0.15, 0.2) is 0 Å². The third-order valence-electron chi connectivity index (χ3n) is 4.63. The van der Waals surface area contributed by atoms with E-state index in [4.69, 9.17) is 34.8 Å². The van der Waals surface area contributed by atoms with Crippen LogP contribution in [0.25, 0.3) is 0 Å². The van der Waals surface area contributed by atoms with Crippen LogP contribution in [0, 0.1) is 11.7 Å². The molecule has 1 N–H and O–H groups in total. The third kappa shape index (κ3) is 6.34. The number of nitrogens with zero attached hydrogens (tertiary/aromatic N) is 1. The van der Waals surface area contributed by atoms with Crippen molar-refractivity contribution in [1.29, 1.82) is 0 Å². The summed E-state index contributed by atoms with van der Waals surface area (Å²) in [6.07, 6.45) is -0.296. The van der Waals surface area contributed by atoms with Crippen molar-refractivity contribution in [3.63, 3.8) is 0 Å². The minimum Gasteiger partial charge on any atom is -0.354 e. The second-order valence-corrected chi connectivity index (χ2v) is 8.64. The monoisotopic (exact) mass is 472 g/mol. The van der Waals surface area contributed by atoms with Gasteiger partial charge in [0.05, 0.1) is 6.42 Å². The number of hydrogen-bond donors (Lipinski definition) is 1. The maximum absolute atomic E-state index is 14.2. The highest BCUT2D eigenvalue weighted by Crippen LogP contribution is 2.27. The second kappa shape index (κ2) is 11.0. The van der Waals surface area contributed by atoms with Gasteiger partial charge in [-0.3, -0.25) is 9.59 Å². The van der Waals surface area contributed by atoms with Crippen LogP contribution in [0.15, 0.2) is 36.4 Å². The van der Waals surface area contributed by atoms with Gasteiger partial charge in [-0.25, -0.2) is 4.39 Å². The fourth-order valence-electron chi connectivity index (χ4n) is 2.84. The lowest BCUT2D eigenvalue weighted by Gasteiger charge is -2.30. The Balaban J connectivity index is 2.34. The highest BCUT2D eigenvalue weighted by molar-refractivity contribution is 6.36. The number of amides is 2. The summed E-state index contributed by atoms with van der Waals surface area (Å²) in [5, 5.41) is 3.72. The van der Waals surface area contributed by atoms with Gasteiger partial charge in [-0.1, -0.05) is 60.8 Å². The topological polar surface area (TPSA) is 49.4 Å². The lowest BCUT2D eigenvalue weighted by atomic mass is 10.1. The third-order valence-corrected chi connectivity index (χ3v) is 5.69. The molecule has 2 aromatic carbocycles. The normalized spacial score (nSPS) is 12.0. The molecule has 1 atom stereocenters. The van der Waals surface area contributed by atoms with Crippen molar-refractivity contribution >= 4 is 46.6 Å². The van der Waals surface area contributed by atoms with E-state index in [1.165, 1.54) is 23.1 Å². The van der Waals surface area contributed by atoms with E-state index in [0.717, 1.165) is 0 Å². The van der Waals surface area contributed by atoms with Gasteiger partial charge in [-0.15, -0.1) is 0 Å². The van der Waals surface area contributed by atoms with Gasteiger partial charge in [0.25, 0.3) is 0 Å². The average molecular weight is 474 g/mol. The minimum absolute atomic E-state index is 0.000321. The molecule has 0 aliphatic carbocycles. The summed E-state index contributed by atoms with van der Waals surface area (Å²) in [5.74, 6) is -1.12. The predicted octanol–water partition coefficient (Wildman–Crippen LogP) is 5.52. The van der Waals surface area contributed by atoms with E-state index in [0.29, 0.717) is 22.2 Å². The number of benzene rings is 2.